The fourth-order valence-electron chi connectivity index (χ4n) is 0.129. The van der Waals surface area contributed by atoms with Gasteiger partial charge in [0.2, 0.25) is 0 Å². The van der Waals surface area contributed by atoms with E-state index in [1.165, 1.54) is 6.08 Å². The third kappa shape index (κ3) is 2.75. The number of carbonyl (C=O) groups is 1. The predicted molar refractivity (Wildman–Crippen MR) is 26.9 cm³/mol. The maximum absolute atomic E-state index is 10.5. The minimum absolute atomic E-state index is 0.269. The summed E-state index contributed by atoms with van der Waals surface area (Å²) in [5, 5.41) is 4.02. The van der Waals surface area contributed by atoms with Crippen LogP contribution in [-0.4, -0.2) is 4.17 Å². The van der Waals surface area contributed by atoms with Crippen molar-refractivity contribution in [2.45, 2.75) is 10.6 Å². The van der Waals surface area contributed by atoms with Crippen LogP contribution in [0.2, 0.25) is 10.6 Å². The first-order valence-electron chi connectivity index (χ1n) is 1.69. The molecule has 0 aliphatic heterocycles. The summed E-state index contributed by atoms with van der Waals surface area (Å²) < 4.78 is 0.269. The molecule has 0 fully saturated rings. The fourth-order valence-corrected chi connectivity index (χ4v) is 1.06. The molecule has 1 nitrogen and oxygen atoms in total. The van der Waals surface area contributed by atoms with Crippen molar-refractivity contribution >= 4 is 4.17 Å². The summed E-state index contributed by atoms with van der Waals surface area (Å²) in [5.74, 6) is 0. The summed E-state index contributed by atoms with van der Waals surface area (Å²) in [5.41, 5.74) is 0. The summed E-state index contributed by atoms with van der Waals surface area (Å²) in [6.45, 7) is 3.37. The zero-order valence-electron chi connectivity index (χ0n) is 4.51. The van der Waals surface area contributed by atoms with Crippen molar-refractivity contribution in [3.63, 3.8) is 0 Å². The molecule has 0 rings (SSSR count). The van der Waals surface area contributed by atoms with Gasteiger partial charge in [-0.15, -0.1) is 0 Å². The Morgan fingerprint density at radius 1 is 1.71 bits per heavy atom. The molecule has 0 aliphatic rings. The number of rotatable bonds is 2. The van der Waals surface area contributed by atoms with E-state index in [4.69, 9.17) is 0 Å². The van der Waals surface area contributed by atoms with Crippen LogP contribution in [-0.2, 0) is 22.1 Å². The second kappa shape index (κ2) is 3.15. The quantitative estimate of drug-likeness (QED) is 0.699. The van der Waals surface area contributed by atoms with Gasteiger partial charge in [-0.1, -0.05) is 0 Å². The molecule has 0 N–H and O–H groups in total. The van der Waals surface area contributed by atoms with E-state index in [1.807, 2.05) is 10.6 Å². The van der Waals surface area contributed by atoms with Gasteiger partial charge in [-0.2, -0.15) is 0 Å². The summed E-state index contributed by atoms with van der Waals surface area (Å²) in [4.78, 5) is 10.5. The van der Waals surface area contributed by atoms with Crippen LogP contribution in [0.4, 0.5) is 0 Å². The van der Waals surface area contributed by atoms with E-state index in [-0.39, 0.29) is 4.17 Å². The van der Waals surface area contributed by atoms with E-state index in [2.05, 4.69) is 6.58 Å². The number of hydrogen-bond donors (Lipinski definition) is 0. The van der Waals surface area contributed by atoms with Crippen LogP contribution in [0.25, 0.3) is 0 Å². The second-order valence-corrected chi connectivity index (χ2v) is 6.77. The number of hydrogen-bond acceptors (Lipinski definition) is 1. The molecule has 0 heterocycles. The number of carbonyl (C=O) groups excluding carboxylic acids is 1. The Morgan fingerprint density at radius 3 is 2.14 bits per heavy atom. The third-order valence-electron chi connectivity index (χ3n) is 0.460. The molecule has 0 aromatic carbocycles. The average Bonchev–Trinajstić information content (AvgIpc) is 1.65. The molecule has 0 aromatic rings. The monoisotopic (exact) mass is 280 g/mol. The van der Waals surface area contributed by atoms with Gasteiger partial charge >= 0.3 is 49.6 Å². The van der Waals surface area contributed by atoms with Gasteiger partial charge in [-0.05, 0) is 0 Å². The molecule has 7 heavy (non-hydrogen) atoms. The van der Waals surface area contributed by atoms with Gasteiger partial charge in [-0.25, -0.2) is 0 Å². The standard InChI is InChI=1S/C3H3O.2CH3.Pt/c1-2-3-4;;;/h2H,1H2;2*1H3;. The maximum atomic E-state index is 10.5. The Bertz CT molecular complexity index is 86.1. The van der Waals surface area contributed by atoms with Crippen molar-refractivity contribution in [3.8, 4) is 0 Å². The first-order chi connectivity index (χ1) is 3.18. The molecule has 0 amide bonds. The summed E-state index contributed by atoms with van der Waals surface area (Å²) in [6.07, 6.45) is 1.42. The summed E-state index contributed by atoms with van der Waals surface area (Å²) >= 11 is -1.17. The van der Waals surface area contributed by atoms with E-state index in [0.717, 1.165) is 0 Å². The zero-order chi connectivity index (χ0) is 5.86. The van der Waals surface area contributed by atoms with E-state index < -0.39 is 17.3 Å². The van der Waals surface area contributed by atoms with Gasteiger partial charge < -0.3 is 0 Å². The van der Waals surface area contributed by atoms with Gasteiger partial charge in [0, 0.05) is 0 Å². The Morgan fingerprint density at radius 2 is 2.14 bits per heavy atom. The zero-order valence-corrected chi connectivity index (χ0v) is 6.78. The molecular formula is C5H9OPt. The Labute approximate surface area is 50.0 Å². The summed E-state index contributed by atoms with van der Waals surface area (Å²) in [7, 11) is 0. The third-order valence-corrected chi connectivity index (χ3v) is 3.16. The normalized spacial score (nSPS) is 10.3. The van der Waals surface area contributed by atoms with Gasteiger partial charge in [0.15, 0.2) is 0 Å². The van der Waals surface area contributed by atoms with Crippen molar-refractivity contribution in [2.24, 2.45) is 0 Å². The van der Waals surface area contributed by atoms with E-state index in [0.29, 0.717) is 0 Å². The van der Waals surface area contributed by atoms with Crippen LogP contribution in [0.5, 0.6) is 0 Å². The van der Waals surface area contributed by atoms with Crippen LogP contribution in [0, 0.1) is 0 Å². The van der Waals surface area contributed by atoms with Crippen molar-refractivity contribution in [1.82, 2.24) is 0 Å². The molecule has 0 aromatic heterocycles. The van der Waals surface area contributed by atoms with E-state index in [1.54, 1.807) is 0 Å². The Balaban J connectivity index is 3.56. The molecule has 45 valence electrons. The van der Waals surface area contributed by atoms with Crippen molar-refractivity contribution in [3.05, 3.63) is 12.7 Å². The molecular weight excluding hydrogens is 271 g/mol. The molecule has 0 unspecified atom stereocenters. The van der Waals surface area contributed by atoms with E-state index in [9.17, 15) is 4.79 Å². The topological polar surface area (TPSA) is 17.1 Å². The van der Waals surface area contributed by atoms with Gasteiger partial charge in [-0.3, -0.25) is 0 Å². The van der Waals surface area contributed by atoms with Crippen LogP contribution in [0.3, 0.4) is 0 Å². The summed E-state index contributed by atoms with van der Waals surface area (Å²) in [6, 6.07) is 0. The first kappa shape index (κ1) is 7.10. The van der Waals surface area contributed by atoms with Crippen molar-refractivity contribution < 1.29 is 22.1 Å². The predicted octanol–water partition coefficient (Wildman–Crippen LogP) is 1.41. The first-order valence-corrected chi connectivity index (χ1v) is 7.37. The molecule has 0 bridgehead atoms. The Kier molecular flexibility index (Phi) is 3.19. The Hall–Kier alpha value is 0.0983. The van der Waals surface area contributed by atoms with Crippen molar-refractivity contribution in [1.29, 1.82) is 0 Å². The second-order valence-electron chi connectivity index (χ2n) is 1.11. The van der Waals surface area contributed by atoms with Crippen LogP contribution in [0.1, 0.15) is 0 Å². The molecule has 0 saturated heterocycles. The molecule has 0 saturated carbocycles. The number of allylic oxidation sites excluding steroid dienone is 1. The van der Waals surface area contributed by atoms with Crippen LogP contribution in [0.15, 0.2) is 12.7 Å². The van der Waals surface area contributed by atoms with Gasteiger partial charge in [0.05, 0.1) is 0 Å². The fraction of sp³-hybridized carbons (Fsp3) is 0.400. The SMILES string of the molecule is C=C[C](=O)[Pt]([CH3])[CH3]. The van der Waals surface area contributed by atoms with E-state index >= 15 is 0 Å². The van der Waals surface area contributed by atoms with Crippen molar-refractivity contribution in [2.75, 3.05) is 0 Å². The van der Waals surface area contributed by atoms with Crippen LogP contribution < -0.4 is 0 Å². The van der Waals surface area contributed by atoms with Crippen LogP contribution >= 0.6 is 0 Å². The van der Waals surface area contributed by atoms with Gasteiger partial charge in [0.1, 0.15) is 0 Å². The molecule has 0 aliphatic carbocycles. The minimum atomic E-state index is -1.17. The molecule has 2 heteroatoms. The molecule has 0 spiro atoms. The average molecular weight is 280 g/mol. The van der Waals surface area contributed by atoms with Gasteiger partial charge in [0.25, 0.3) is 0 Å². The molecule has 0 radical (unpaired) electrons. The molecule has 0 atom stereocenters.